The van der Waals surface area contributed by atoms with Crippen molar-refractivity contribution in [3.05, 3.63) is 65.2 Å². The third kappa shape index (κ3) is 5.19. The Morgan fingerprint density at radius 1 is 0.885 bits per heavy atom. The zero-order valence-electron chi connectivity index (χ0n) is 16.3. The van der Waals surface area contributed by atoms with Gasteiger partial charge in [-0.1, -0.05) is 45.0 Å². The molecule has 26 heavy (non-hydrogen) atoms. The minimum Gasteiger partial charge on any atom is -0.385 e. The third-order valence-electron chi connectivity index (χ3n) is 4.29. The van der Waals surface area contributed by atoms with Gasteiger partial charge in [-0.2, -0.15) is 0 Å². The zero-order chi connectivity index (χ0) is 19.3. The van der Waals surface area contributed by atoms with Crippen molar-refractivity contribution in [2.24, 2.45) is 0 Å². The Hall–Kier alpha value is -2.62. The molecule has 0 spiro atoms. The third-order valence-corrected chi connectivity index (χ3v) is 4.29. The van der Waals surface area contributed by atoms with Gasteiger partial charge in [-0.3, -0.25) is 9.59 Å². The molecule has 0 atom stereocenters. The van der Waals surface area contributed by atoms with Crippen molar-refractivity contribution in [1.82, 2.24) is 4.90 Å². The van der Waals surface area contributed by atoms with Crippen LogP contribution in [0, 0.1) is 0 Å². The normalized spacial score (nSPS) is 11.1. The molecule has 0 aliphatic rings. The number of nitrogens with zero attached hydrogens (tertiary/aromatic N) is 1. The summed E-state index contributed by atoms with van der Waals surface area (Å²) >= 11 is 0. The molecular weight excluding hydrogens is 324 g/mol. The summed E-state index contributed by atoms with van der Waals surface area (Å²) in [5.41, 5.74) is 3.60. The van der Waals surface area contributed by atoms with Crippen LogP contribution in [-0.4, -0.2) is 37.2 Å². The van der Waals surface area contributed by atoms with Crippen LogP contribution in [0.5, 0.6) is 0 Å². The fourth-order valence-electron chi connectivity index (χ4n) is 2.61. The van der Waals surface area contributed by atoms with E-state index in [1.165, 1.54) is 5.56 Å². The molecule has 4 nitrogen and oxygen atoms in total. The summed E-state index contributed by atoms with van der Waals surface area (Å²) in [5.74, 6) is 0.0998. The van der Waals surface area contributed by atoms with E-state index in [9.17, 15) is 9.59 Å². The summed E-state index contributed by atoms with van der Waals surface area (Å²) in [6.45, 7) is 7.03. The van der Waals surface area contributed by atoms with Crippen molar-refractivity contribution >= 4 is 17.4 Å². The molecule has 0 radical (unpaired) electrons. The highest BCUT2D eigenvalue weighted by Gasteiger charge is 2.14. The lowest BCUT2D eigenvalue weighted by molar-refractivity contribution is 0.0827. The number of carbonyl (C=O) groups is 2. The minimum absolute atomic E-state index is 0.0227. The van der Waals surface area contributed by atoms with Gasteiger partial charge in [0.25, 0.3) is 5.91 Å². The average Bonchev–Trinajstić information content (AvgIpc) is 2.61. The van der Waals surface area contributed by atoms with Crippen molar-refractivity contribution in [2.45, 2.75) is 32.6 Å². The predicted octanol–water partition coefficient (Wildman–Crippen LogP) is 4.37. The molecule has 0 unspecified atom stereocenters. The lowest BCUT2D eigenvalue weighted by Gasteiger charge is -2.19. The van der Waals surface area contributed by atoms with Gasteiger partial charge in [0.05, 0.1) is 0 Å². The minimum atomic E-state index is -0.0227. The second-order valence-electron chi connectivity index (χ2n) is 7.70. The van der Waals surface area contributed by atoms with E-state index in [2.05, 4.69) is 26.1 Å². The smallest absolute Gasteiger partial charge is 0.253 e. The lowest BCUT2D eigenvalue weighted by atomic mass is 9.86. The number of anilines is 1. The number of ketones is 1. The van der Waals surface area contributed by atoms with Gasteiger partial charge in [-0.25, -0.2) is 0 Å². The number of hydrogen-bond acceptors (Lipinski definition) is 3. The highest BCUT2D eigenvalue weighted by molar-refractivity contribution is 5.96. The van der Waals surface area contributed by atoms with Crippen molar-refractivity contribution in [1.29, 1.82) is 0 Å². The number of Topliss-reactive ketones (excluding diaryl/α,β-unsaturated/α-hetero) is 1. The van der Waals surface area contributed by atoms with Gasteiger partial charge < -0.3 is 10.2 Å². The summed E-state index contributed by atoms with van der Waals surface area (Å²) in [4.78, 5) is 25.7. The molecule has 0 aromatic heterocycles. The van der Waals surface area contributed by atoms with Crippen LogP contribution in [0.4, 0.5) is 5.69 Å². The first-order chi connectivity index (χ1) is 12.2. The molecule has 4 heteroatoms. The molecule has 0 aliphatic carbocycles. The summed E-state index contributed by atoms with van der Waals surface area (Å²) < 4.78 is 0. The zero-order valence-corrected chi connectivity index (χ0v) is 16.3. The summed E-state index contributed by atoms with van der Waals surface area (Å²) in [6.07, 6.45) is 0.424. The molecule has 1 amide bonds. The summed E-state index contributed by atoms with van der Waals surface area (Å²) in [6, 6.07) is 15.2. The standard InChI is InChI=1S/C22H28N2O2/c1-22(2,3)18-10-6-16(7-11-18)20(25)14-15-23-19-12-8-17(9-13-19)21(26)24(4)5/h6-13,23H,14-15H2,1-5H3. The van der Waals surface area contributed by atoms with E-state index in [4.69, 9.17) is 0 Å². The van der Waals surface area contributed by atoms with Crippen LogP contribution in [-0.2, 0) is 5.41 Å². The Kier molecular flexibility index (Phi) is 6.19. The van der Waals surface area contributed by atoms with Crippen LogP contribution >= 0.6 is 0 Å². The molecule has 0 fully saturated rings. The van der Waals surface area contributed by atoms with Crippen molar-refractivity contribution in [3.8, 4) is 0 Å². The van der Waals surface area contributed by atoms with Crippen molar-refractivity contribution < 1.29 is 9.59 Å². The predicted molar refractivity (Wildman–Crippen MR) is 107 cm³/mol. The Morgan fingerprint density at radius 2 is 1.42 bits per heavy atom. The van der Waals surface area contributed by atoms with Crippen LogP contribution in [0.3, 0.4) is 0 Å². The first-order valence-electron chi connectivity index (χ1n) is 8.88. The highest BCUT2D eigenvalue weighted by atomic mass is 16.2. The van der Waals surface area contributed by atoms with Crippen LogP contribution in [0.25, 0.3) is 0 Å². The van der Waals surface area contributed by atoms with E-state index in [0.29, 0.717) is 18.5 Å². The number of amides is 1. The van der Waals surface area contributed by atoms with Gasteiger partial charge in [-0.15, -0.1) is 0 Å². The first-order valence-corrected chi connectivity index (χ1v) is 8.88. The van der Waals surface area contributed by atoms with E-state index < -0.39 is 0 Å². The van der Waals surface area contributed by atoms with Gasteiger partial charge in [0.15, 0.2) is 5.78 Å². The maximum atomic E-state index is 12.3. The van der Waals surface area contributed by atoms with Gasteiger partial charge in [0.1, 0.15) is 0 Å². The molecule has 2 aromatic rings. The summed E-state index contributed by atoms with van der Waals surface area (Å²) in [7, 11) is 3.46. The van der Waals surface area contributed by atoms with Crippen molar-refractivity contribution in [3.63, 3.8) is 0 Å². The molecule has 0 heterocycles. The Morgan fingerprint density at radius 3 is 1.92 bits per heavy atom. The van der Waals surface area contributed by atoms with Gasteiger partial charge in [0, 0.05) is 43.9 Å². The van der Waals surface area contributed by atoms with Crippen LogP contribution < -0.4 is 5.32 Å². The van der Waals surface area contributed by atoms with E-state index in [1.807, 2.05) is 36.4 Å². The van der Waals surface area contributed by atoms with Crippen molar-refractivity contribution in [2.75, 3.05) is 26.0 Å². The number of nitrogens with one attached hydrogen (secondary N) is 1. The largest absolute Gasteiger partial charge is 0.385 e. The summed E-state index contributed by atoms with van der Waals surface area (Å²) in [5, 5.41) is 3.23. The molecule has 0 saturated carbocycles. The Balaban J connectivity index is 1.87. The monoisotopic (exact) mass is 352 g/mol. The molecular formula is C22H28N2O2. The van der Waals surface area contributed by atoms with Crippen LogP contribution in [0.1, 0.15) is 53.5 Å². The quantitative estimate of drug-likeness (QED) is 0.785. The van der Waals surface area contributed by atoms with Gasteiger partial charge in [0.2, 0.25) is 0 Å². The Bertz CT molecular complexity index is 754. The maximum absolute atomic E-state index is 12.3. The fraction of sp³-hybridized carbons (Fsp3) is 0.364. The molecule has 2 aromatic carbocycles. The molecule has 0 aliphatic heterocycles. The first kappa shape index (κ1) is 19.7. The van der Waals surface area contributed by atoms with Gasteiger partial charge in [-0.05, 0) is 35.2 Å². The Labute approximate surface area is 156 Å². The van der Waals surface area contributed by atoms with Crippen LogP contribution in [0.2, 0.25) is 0 Å². The number of hydrogen-bond donors (Lipinski definition) is 1. The second kappa shape index (κ2) is 8.17. The SMILES string of the molecule is CN(C)C(=O)c1ccc(NCCC(=O)c2ccc(C(C)(C)C)cc2)cc1. The molecule has 138 valence electrons. The fourth-order valence-corrected chi connectivity index (χ4v) is 2.61. The number of rotatable bonds is 6. The molecule has 1 N–H and O–H groups in total. The van der Waals surface area contributed by atoms with E-state index in [0.717, 1.165) is 11.3 Å². The van der Waals surface area contributed by atoms with Crippen LogP contribution in [0.15, 0.2) is 48.5 Å². The highest BCUT2D eigenvalue weighted by Crippen LogP contribution is 2.22. The second-order valence-corrected chi connectivity index (χ2v) is 7.70. The van der Waals surface area contributed by atoms with Gasteiger partial charge >= 0.3 is 0 Å². The van der Waals surface area contributed by atoms with E-state index in [-0.39, 0.29) is 17.1 Å². The number of carbonyl (C=O) groups excluding carboxylic acids is 2. The molecule has 0 saturated heterocycles. The molecule has 0 bridgehead atoms. The molecule has 2 rings (SSSR count). The average molecular weight is 352 g/mol. The lowest BCUT2D eigenvalue weighted by Crippen LogP contribution is -2.21. The van der Waals surface area contributed by atoms with E-state index >= 15 is 0 Å². The number of benzene rings is 2. The topological polar surface area (TPSA) is 49.4 Å². The van der Waals surface area contributed by atoms with E-state index in [1.54, 1.807) is 31.1 Å². The maximum Gasteiger partial charge on any atom is 0.253 e.